The highest BCUT2D eigenvalue weighted by Gasteiger charge is 2.14. The summed E-state index contributed by atoms with van der Waals surface area (Å²) in [6.45, 7) is 4.29. The molecule has 96 valence electrons. The molecule has 0 amide bonds. The van der Waals surface area contributed by atoms with E-state index in [2.05, 4.69) is 18.9 Å². The molecule has 3 nitrogen and oxygen atoms in total. The van der Waals surface area contributed by atoms with Crippen molar-refractivity contribution in [2.75, 3.05) is 7.11 Å². The minimum absolute atomic E-state index is 0.378. The maximum Gasteiger partial charge on any atom is 0.119 e. The minimum Gasteiger partial charge on any atom is -0.497 e. The Labute approximate surface area is 112 Å². The predicted octanol–water partition coefficient (Wildman–Crippen LogP) is 3.74. The number of hydrogen-bond donors (Lipinski definition) is 0. The summed E-state index contributed by atoms with van der Waals surface area (Å²) >= 11 is 5.95. The highest BCUT2D eigenvalue weighted by atomic mass is 35.5. The van der Waals surface area contributed by atoms with Crippen molar-refractivity contribution in [3.63, 3.8) is 0 Å². The first-order valence-corrected chi connectivity index (χ1v) is 6.48. The van der Waals surface area contributed by atoms with E-state index >= 15 is 0 Å². The summed E-state index contributed by atoms with van der Waals surface area (Å²) in [5.74, 6) is 1.71. The third-order valence-corrected chi connectivity index (χ3v) is 3.18. The van der Waals surface area contributed by atoms with Crippen molar-refractivity contribution in [3.05, 3.63) is 41.7 Å². The number of alkyl halides is 1. The zero-order valence-electron chi connectivity index (χ0n) is 10.9. The van der Waals surface area contributed by atoms with Gasteiger partial charge in [-0.15, -0.1) is 11.6 Å². The van der Waals surface area contributed by atoms with Crippen LogP contribution in [0.1, 0.15) is 31.0 Å². The molecule has 1 aromatic carbocycles. The Hall–Kier alpha value is -1.48. The lowest BCUT2D eigenvalue weighted by Crippen LogP contribution is -2.05. The Morgan fingerprint density at radius 2 is 1.94 bits per heavy atom. The van der Waals surface area contributed by atoms with Crippen molar-refractivity contribution < 1.29 is 4.74 Å². The monoisotopic (exact) mass is 264 g/mol. The van der Waals surface area contributed by atoms with Crippen LogP contribution in [0.5, 0.6) is 5.75 Å². The van der Waals surface area contributed by atoms with Crippen molar-refractivity contribution in [3.8, 4) is 11.4 Å². The van der Waals surface area contributed by atoms with Crippen molar-refractivity contribution in [1.82, 2.24) is 9.78 Å². The van der Waals surface area contributed by atoms with Crippen LogP contribution in [0.4, 0.5) is 0 Å². The number of rotatable bonds is 4. The van der Waals surface area contributed by atoms with E-state index in [9.17, 15) is 0 Å². The van der Waals surface area contributed by atoms with E-state index in [4.69, 9.17) is 16.3 Å². The van der Waals surface area contributed by atoms with Crippen LogP contribution in [-0.2, 0) is 5.88 Å². The fourth-order valence-electron chi connectivity index (χ4n) is 2.04. The number of nitrogens with zero attached hydrogens (tertiary/aromatic N) is 2. The van der Waals surface area contributed by atoms with Crippen molar-refractivity contribution >= 4 is 11.6 Å². The van der Waals surface area contributed by atoms with Crippen LogP contribution in [-0.4, -0.2) is 16.9 Å². The first kappa shape index (κ1) is 13.0. The van der Waals surface area contributed by atoms with Gasteiger partial charge in [0, 0.05) is 5.56 Å². The lowest BCUT2D eigenvalue weighted by atomic mass is 10.1. The first-order chi connectivity index (χ1) is 8.67. The SMILES string of the molecule is COc1ccc(-n2ncc(CCl)c2C(C)C)cc1. The molecule has 0 spiro atoms. The molecule has 0 aliphatic heterocycles. The largest absolute Gasteiger partial charge is 0.497 e. The van der Waals surface area contributed by atoms with E-state index in [1.165, 1.54) is 0 Å². The van der Waals surface area contributed by atoms with Gasteiger partial charge in [-0.1, -0.05) is 13.8 Å². The van der Waals surface area contributed by atoms with Gasteiger partial charge in [0.15, 0.2) is 0 Å². The highest BCUT2D eigenvalue weighted by molar-refractivity contribution is 6.17. The van der Waals surface area contributed by atoms with E-state index in [0.29, 0.717) is 11.8 Å². The van der Waals surface area contributed by atoms with Crippen molar-refractivity contribution in [1.29, 1.82) is 0 Å². The molecular weight excluding hydrogens is 248 g/mol. The average molecular weight is 265 g/mol. The molecule has 0 N–H and O–H groups in total. The Morgan fingerprint density at radius 1 is 1.28 bits per heavy atom. The van der Waals surface area contributed by atoms with Gasteiger partial charge in [0.05, 0.1) is 30.6 Å². The van der Waals surface area contributed by atoms with E-state index < -0.39 is 0 Å². The van der Waals surface area contributed by atoms with Crippen LogP contribution in [0, 0.1) is 0 Å². The first-order valence-electron chi connectivity index (χ1n) is 5.94. The van der Waals surface area contributed by atoms with Crippen LogP contribution in [0.25, 0.3) is 5.69 Å². The number of benzene rings is 1. The maximum atomic E-state index is 5.95. The third-order valence-electron chi connectivity index (χ3n) is 2.89. The van der Waals surface area contributed by atoms with Gasteiger partial charge in [-0.3, -0.25) is 0 Å². The second-order valence-electron chi connectivity index (χ2n) is 4.45. The van der Waals surface area contributed by atoms with Crippen molar-refractivity contribution in [2.24, 2.45) is 0 Å². The molecule has 1 aromatic heterocycles. The molecule has 4 heteroatoms. The molecule has 18 heavy (non-hydrogen) atoms. The highest BCUT2D eigenvalue weighted by Crippen LogP contribution is 2.25. The van der Waals surface area contributed by atoms with Gasteiger partial charge in [-0.05, 0) is 30.2 Å². The summed E-state index contributed by atoms with van der Waals surface area (Å²) in [6.07, 6.45) is 1.84. The Morgan fingerprint density at radius 3 is 2.44 bits per heavy atom. The minimum atomic E-state index is 0.378. The zero-order chi connectivity index (χ0) is 13.1. The molecule has 2 aromatic rings. The van der Waals surface area contributed by atoms with Crippen LogP contribution in [0.15, 0.2) is 30.5 Å². The number of aromatic nitrogens is 2. The van der Waals surface area contributed by atoms with Gasteiger partial charge in [-0.2, -0.15) is 5.10 Å². The third kappa shape index (κ3) is 2.36. The summed E-state index contributed by atoms with van der Waals surface area (Å²) in [6, 6.07) is 7.86. The van der Waals surface area contributed by atoms with E-state index in [-0.39, 0.29) is 0 Å². The van der Waals surface area contributed by atoms with Crippen LogP contribution < -0.4 is 4.74 Å². The van der Waals surface area contributed by atoms with E-state index in [1.54, 1.807) is 7.11 Å². The van der Waals surface area contributed by atoms with Gasteiger partial charge < -0.3 is 4.74 Å². The molecule has 0 saturated heterocycles. The standard InChI is InChI=1S/C14H17ClN2O/c1-10(2)14-11(8-15)9-16-17(14)12-4-6-13(18-3)7-5-12/h4-7,9-10H,8H2,1-3H3. The van der Waals surface area contributed by atoms with Crippen molar-refractivity contribution in [2.45, 2.75) is 25.6 Å². The summed E-state index contributed by atoms with van der Waals surface area (Å²) in [5, 5.41) is 4.43. The summed E-state index contributed by atoms with van der Waals surface area (Å²) in [4.78, 5) is 0. The Bertz CT molecular complexity index is 517. The summed E-state index contributed by atoms with van der Waals surface area (Å²) < 4.78 is 7.10. The second-order valence-corrected chi connectivity index (χ2v) is 4.72. The van der Waals surface area contributed by atoms with Gasteiger partial charge in [0.25, 0.3) is 0 Å². The van der Waals surface area contributed by atoms with Gasteiger partial charge in [0.1, 0.15) is 5.75 Å². The number of hydrogen-bond acceptors (Lipinski definition) is 2. The van der Waals surface area contributed by atoms with E-state index in [1.807, 2.05) is 35.1 Å². The molecule has 0 aliphatic rings. The predicted molar refractivity (Wildman–Crippen MR) is 73.8 cm³/mol. The quantitative estimate of drug-likeness (QED) is 0.787. The second kappa shape index (κ2) is 5.44. The molecule has 0 aliphatic carbocycles. The van der Waals surface area contributed by atoms with Gasteiger partial charge in [-0.25, -0.2) is 4.68 Å². The molecule has 2 rings (SSSR count). The molecule has 1 heterocycles. The van der Waals surface area contributed by atoms with Gasteiger partial charge in [0.2, 0.25) is 0 Å². The Balaban J connectivity index is 2.46. The van der Waals surface area contributed by atoms with Gasteiger partial charge >= 0.3 is 0 Å². The maximum absolute atomic E-state index is 5.95. The average Bonchev–Trinajstić information content (AvgIpc) is 2.82. The summed E-state index contributed by atoms with van der Waals surface area (Å²) in [5.41, 5.74) is 3.27. The molecule has 0 saturated carbocycles. The zero-order valence-corrected chi connectivity index (χ0v) is 11.6. The lowest BCUT2D eigenvalue weighted by Gasteiger charge is -2.12. The topological polar surface area (TPSA) is 27.1 Å². The fraction of sp³-hybridized carbons (Fsp3) is 0.357. The molecule has 0 fully saturated rings. The molecule has 0 radical (unpaired) electrons. The van der Waals surface area contributed by atoms with Crippen LogP contribution in [0.3, 0.4) is 0 Å². The normalized spacial score (nSPS) is 10.9. The smallest absolute Gasteiger partial charge is 0.119 e. The van der Waals surface area contributed by atoms with Crippen LogP contribution >= 0.6 is 11.6 Å². The molecule has 0 atom stereocenters. The Kier molecular flexibility index (Phi) is 3.92. The number of halogens is 1. The lowest BCUT2D eigenvalue weighted by molar-refractivity contribution is 0.414. The fourth-order valence-corrected chi connectivity index (χ4v) is 2.25. The van der Waals surface area contributed by atoms with Crippen LogP contribution in [0.2, 0.25) is 0 Å². The molecule has 0 unspecified atom stereocenters. The molecular formula is C14H17ClN2O. The number of ether oxygens (including phenoxy) is 1. The molecule has 0 bridgehead atoms. The summed E-state index contributed by atoms with van der Waals surface area (Å²) in [7, 11) is 1.66. The number of methoxy groups -OCH3 is 1. The van der Waals surface area contributed by atoms with E-state index in [0.717, 1.165) is 22.7 Å².